The summed E-state index contributed by atoms with van der Waals surface area (Å²) in [6.07, 6.45) is 8.12. The van der Waals surface area contributed by atoms with Gasteiger partial charge < -0.3 is 9.67 Å². The topological polar surface area (TPSA) is 55.1 Å². The summed E-state index contributed by atoms with van der Waals surface area (Å²) in [6, 6.07) is 5.50. The highest BCUT2D eigenvalue weighted by Crippen LogP contribution is 2.22. The molecule has 0 aliphatic rings. The van der Waals surface area contributed by atoms with E-state index in [0.29, 0.717) is 10.6 Å². The fourth-order valence-electron chi connectivity index (χ4n) is 1.94. The predicted molar refractivity (Wildman–Crippen MR) is 79.2 cm³/mol. The van der Waals surface area contributed by atoms with Gasteiger partial charge in [0.05, 0.1) is 0 Å². The van der Waals surface area contributed by atoms with E-state index in [-0.39, 0.29) is 0 Å². The molecule has 1 aromatic heterocycles. The number of carboxylic acid groups (broad SMARTS) is 1. The Kier molecular flexibility index (Phi) is 4.58. The molecule has 0 saturated heterocycles. The van der Waals surface area contributed by atoms with Crippen LogP contribution in [-0.4, -0.2) is 20.6 Å². The summed E-state index contributed by atoms with van der Waals surface area (Å²) in [5.74, 6) is -0.0117. The van der Waals surface area contributed by atoms with Gasteiger partial charge in [0.15, 0.2) is 0 Å². The lowest BCUT2D eigenvalue weighted by molar-refractivity contribution is -0.131. The lowest BCUT2D eigenvalue weighted by Crippen LogP contribution is -2.00. The second-order valence-corrected chi connectivity index (χ2v) is 4.75. The van der Waals surface area contributed by atoms with E-state index >= 15 is 0 Å². The third-order valence-electron chi connectivity index (χ3n) is 2.86. The van der Waals surface area contributed by atoms with E-state index in [4.69, 9.17) is 16.7 Å². The number of imidazole rings is 1. The second kappa shape index (κ2) is 6.39. The lowest BCUT2D eigenvalue weighted by Gasteiger charge is -2.09. The molecule has 104 valence electrons. The molecule has 0 fully saturated rings. The van der Waals surface area contributed by atoms with Crippen LogP contribution in [0.3, 0.4) is 0 Å². The molecule has 1 heterocycles. The van der Waals surface area contributed by atoms with Crippen molar-refractivity contribution in [1.82, 2.24) is 9.55 Å². The Balaban J connectivity index is 2.33. The Morgan fingerprint density at radius 3 is 2.95 bits per heavy atom. The average molecular weight is 291 g/mol. The van der Waals surface area contributed by atoms with Crippen LogP contribution >= 0.6 is 11.6 Å². The number of nitrogens with zero attached hydrogens (tertiary/aromatic N) is 2. The first-order chi connectivity index (χ1) is 9.61. The van der Waals surface area contributed by atoms with Crippen LogP contribution in [-0.2, 0) is 11.2 Å². The van der Waals surface area contributed by atoms with Gasteiger partial charge in [-0.25, -0.2) is 9.78 Å². The van der Waals surface area contributed by atoms with Gasteiger partial charge in [0, 0.05) is 35.6 Å². The van der Waals surface area contributed by atoms with Crippen LogP contribution in [0.2, 0.25) is 5.02 Å². The number of benzene rings is 1. The van der Waals surface area contributed by atoms with Gasteiger partial charge in [-0.05, 0) is 30.2 Å². The average Bonchev–Trinajstić information content (AvgIpc) is 2.86. The van der Waals surface area contributed by atoms with E-state index < -0.39 is 5.97 Å². The lowest BCUT2D eigenvalue weighted by atomic mass is 10.2. The molecule has 0 radical (unpaired) electrons. The molecule has 20 heavy (non-hydrogen) atoms. The maximum absolute atomic E-state index is 10.5. The van der Waals surface area contributed by atoms with Crippen LogP contribution in [0.5, 0.6) is 0 Å². The van der Waals surface area contributed by atoms with Crippen molar-refractivity contribution >= 4 is 23.6 Å². The first-order valence-electron chi connectivity index (χ1n) is 6.35. The number of hydrogen-bond donors (Lipinski definition) is 1. The molecule has 0 aliphatic heterocycles. The summed E-state index contributed by atoms with van der Waals surface area (Å²) in [6.45, 7) is 2.10. The standard InChI is InChI=1S/C15H15ClN2O2/c1-2-3-14-17-8-9-18(14)12-6-4-11(13(16)10-12)5-7-15(19)20/h4-10H,2-3H2,1H3,(H,19,20)/b7-5+. The zero-order valence-electron chi connectivity index (χ0n) is 11.1. The number of hydrogen-bond acceptors (Lipinski definition) is 2. The number of carboxylic acids is 1. The monoisotopic (exact) mass is 290 g/mol. The van der Waals surface area contributed by atoms with Crippen molar-refractivity contribution in [2.24, 2.45) is 0 Å². The quantitative estimate of drug-likeness (QED) is 0.856. The molecule has 0 unspecified atom stereocenters. The highest BCUT2D eigenvalue weighted by atomic mass is 35.5. The van der Waals surface area contributed by atoms with Gasteiger partial charge in [0.25, 0.3) is 0 Å². The number of aromatic nitrogens is 2. The van der Waals surface area contributed by atoms with E-state index in [0.717, 1.165) is 30.4 Å². The predicted octanol–water partition coefficient (Wildman–Crippen LogP) is 3.58. The van der Waals surface area contributed by atoms with Crippen molar-refractivity contribution < 1.29 is 9.90 Å². The Hall–Kier alpha value is -2.07. The summed E-state index contributed by atoms with van der Waals surface area (Å²) in [4.78, 5) is 14.8. The van der Waals surface area contributed by atoms with Gasteiger partial charge in [-0.1, -0.05) is 24.6 Å². The highest BCUT2D eigenvalue weighted by molar-refractivity contribution is 6.32. The highest BCUT2D eigenvalue weighted by Gasteiger charge is 2.06. The molecular weight excluding hydrogens is 276 g/mol. The maximum Gasteiger partial charge on any atom is 0.328 e. The molecule has 0 spiro atoms. The van der Waals surface area contributed by atoms with E-state index in [9.17, 15) is 4.79 Å². The van der Waals surface area contributed by atoms with Crippen molar-refractivity contribution in [3.8, 4) is 5.69 Å². The zero-order chi connectivity index (χ0) is 14.5. The third kappa shape index (κ3) is 3.27. The van der Waals surface area contributed by atoms with Crippen LogP contribution in [0.4, 0.5) is 0 Å². The van der Waals surface area contributed by atoms with Crippen molar-refractivity contribution in [3.05, 3.63) is 53.1 Å². The smallest absolute Gasteiger partial charge is 0.328 e. The summed E-state index contributed by atoms with van der Waals surface area (Å²) in [5, 5.41) is 9.13. The summed E-state index contributed by atoms with van der Waals surface area (Å²) < 4.78 is 1.99. The minimum Gasteiger partial charge on any atom is -0.478 e. The van der Waals surface area contributed by atoms with Crippen LogP contribution in [0.15, 0.2) is 36.7 Å². The fraction of sp³-hybridized carbons (Fsp3) is 0.200. The van der Waals surface area contributed by atoms with Crippen molar-refractivity contribution in [2.75, 3.05) is 0 Å². The molecule has 1 N–H and O–H groups in total. The van der Waals surface area contributed by atoms with Gasteiger partial charge in [-0.2, -0.15) is 0 Å². The van der Waals surface area contributed by atoms with Crippen molar-refractivity contribution in [2.45, 2.75) is 19.8 Å². The Bertz CT molecular complexity index is 647. The van der Waals surface area contributed by atoms with Crippen LogP contribution in [0.25, 0.3) is 11.8 Å². The van der Waals surface area contributed by atoms with E-state index in [2.05, 4.69) is 11.9 Å². The normalized spacial score (nSPS) is 11.1. The van der Waals surface area contributed by atoms with Crippen molar-refractivity contribution in [3.63, 3.8) is 0 Å². The molecule has 0 aliphatic carbocycles. The summed E-state index contributed by atoms with van der Waals surface area (Å²) >= 11 is 6.18. The molecular formula is C15H15ClN2O2. The van der Waals surface area contributed by atoms with E-state index in [1.807, 2.05) is 22.9 Å². The van der Waals surface area contributed by atoms with E-state index in [1.54, 1.807) is 12.3 Å². The van der Waals surface area contributed by atoms with Gasteiger partial charge in [-0.3, -0.25) is 0 Å². The minimum atomic E-state index is -0.995. The van der Waals surface area contributed by atoms with Gasteiger partial charge >= 0.3 is 5.97 Å². The molecule has 0 amide bonds. The van der Waals surface area contributed by atoms with Crippen molar-refractivity contribution in [1.29, 1.82) is 0 Å². The number of halogens is 1. The third-order valence-corrected chi connectivity index (χ3v) is 3.19. The number of aryl methyl sites for hydroxylation is 1. The summed E-state index contributed by atoms with van der Waals surface area (Å²) in [5.41, 5.74) is 1.60. The molecule has 2 rings (SSSR count). The molecule has 1 aromatic carbocycles. The SMILES string of the molecule is CCCc1nccn1-c1ccc(/C=C/C(=O)O)c(Cl)c1. The molecule has 5 heteroatoms. The molecule has 2 aromatic rings. The van der Waals surface area contributed by atoms with Crippen LogP contribution < -0.4 is 0 Å². The Morgan fingerprint density at radius 2 is 2.30 bits per heavy atom. The Morgan fingerprint density at radius 1 is 1.50 bits per heavy atom. The second-order valence-electron chi connectivity index (χ2n) is 4.34. The molecule has 0 atom stereocenters. The zero-order valence-corrected chi connectivity index (χ0v) is 11.8. The molecule has 4 nitrogen and oxygen atoms in total. The molecule has 0 bridgehead atoms. The van der Waals surface area contributed by atoms with Gasteiger partial charge in [0.1, 0.15) is 5.82 Å². The van der Waals surface area contributed by atoms with Gasteiger partial charge in [-0.15, -0.1) is 0 Å². The van der Waals surface area contributed by atoms with Crippen LogP contribution in [0.1, 0.15) is 24.7 Å². The number of aliphatic carboxylic acids is 1. The van der Waals surface area contributed by atoms with E-state index in [1.165, 1.54) is 6.08 Å². The largest absolute Gasteiger partial charge is 0.478 e. The van der Waals surface area contributed by atoms with Crippen LogP contribution in [0, 0.1) is 0 Å². The number of rotatable bonds is 5. The first kappa shape index (κ1) is 14.3. The first-order valence-corrected chi connectivity index (χ1v) is 6.72. The maximum atomic E-state index is 10.5. The fourth-order valence-corrected chi connectivity index (χ4v) is 2.18. The molecule has 0 saturated carbocycles. The summed E-state index contributed by atoms with van der Waals surface area (Å²) in [7, 11) is 0. The van der Waals surface area contributed by atoms with Gasteiger partial charge in [0.2, 0.25) is 0 Å². The Labute approximate surface area is 122 Å². The number of carbonyl (C=O) groups is 1. The minimum absolute atomic E-state index is 0.510.